The van der Waals surface area contributed by atoms with Crippen molar-refractivity contribution in [1.82, 2.24) is 0 Å². The zero-order chi connectivity index (χ0) is 19.3. The van der Waals surface area contributed by atoms with Gasteiger partial charge in [0.25, 0.3) is 0 Å². The summed E-state index contributed by atoms with van der Waals surface area (Å²) in [6, 6.07) is 9.99. The number of hydrogen-bond acceptors (Lipinski definition) is 6. The molecular formula is C21H28O6. The van der Waals surface area contributed by atoms with Gasteiger partial charge in [0.1, 0.15) is 23.9 Å². The van der Waals surface area contributed by atoms with E-state index in [4.69, 9.17) is 28.4 Å². The molecule has 0 aliphatic carbocycles. The van der Waals surface area contributed by atoms with Crippen molar-refractivity contribution in [3.8, 4) is 0 Å². The summed E-state index contributed by atoms with van der Waals surface area (Å²) in [5.74, 6) is -1.42. The minimum absolute atomic E-state index is 0.310. The third-order valence-electron chi connectivity index (χ3n) is 5.25. The predicted molar refractivity (Wildman–Crippen MR) is 97.8 cm³/mol. The maximum absolute atomic E-state index is 6.44. The average Bonchev–Trinajstić information content (AvgIpc) is 3.22. The minimum Gasteiger partial charge on any atom is -0.360 e. The first-order valence-corrected chi connectivity index (χ1v) is 9.39. The van der Waals surface area contributed by atoms with Crippen molar-refractivity contribution in [3.63, 3.8) is 0 Å². The fraction of sp³-hybridized carbons (Fsp3) is 0.619. The molecule has 3 heterocycles. The molecule has 6 heteroatoms. The monoisotopic (exact) mass is 376 g/mol. The van der Waals surface area contributed by atoms with Crippen molar-refractivity contribution >= 4 is 0 Å². The maximum Gasteiger partial charge on any atom is 0.191 e. The van der Waals surface area contributed by atoms with E-state index in [-0.39, 0.29) is 6.10 Å². The van der Waals surface area contributed by atoms with Gasteiger partial charge in [-0.2, -0.15) is 0 Å². The molecule has 5 atom stereocenters. The Labute approximate surface area is 160 Å². The van der Waals surface area contributed by atoms with Crippen molar-refractivity contribution in [1.29, 1.82) is 0 Å². The number of fused-ring (bicyclic) bond motifs is 1. The van der Waals surface area contributed by atoms with Crippen molar-refractivity contribution in [3.05, 3.63) is 48.6 Å². The molecule has 0 amide bonds. The molecule has 3 aliphatic heterocycles. The Morgan fingerprint density at radius 2 is 1.78 bits per heavy atom. The van der Waals surface area contributed by atoms with Crippen molar-refractivity contribution in [2.45, 2.75) is 76.1 Å². The van der Waals surface area contributed by atoms with Gasteiger partial charge in [-0.1, -0.05) is 36.4 Å². The van der Waals surface area contributed by atoms with E-state index in [2.05, 4.69) is 6.58 Å². The molecule has 0 radical (unpaired) electrons. The predicted octanol–water partition coefficient (Wildman–Crippen LogP) is 3.16. The molecule has 3 saturated heterocycles. The first-order valence-electron chi connectivity index (χ1n) is 9.39. The van der Waals surface area contributed by atoms with Crippen LogP contribution in [0.25, 0.3) is 0 Å². The molecule has 0 aromatic heterocycles. The largest absolute Gasteiger partial charge is 0.360 e. The average molecular weight is 376 g/mol. The van der Waals surface area contributed by atoms with Crippen LogP contribution in [-0.4, -0.2) is 48.4 Å². The molecule has 1 unspecified atom stereocenters. The summed E-state index contributed by atoms with van der Waals surface area (Å²) in [5, 5.41) is 0. The molecule has 3 fully saturated rings. The summed E-state index contributed by atoms with van der Waals surface area (Å²) < 4.78 is 36.6. The number of benzene rings is 1. The van der Waals surface area contributed by atoms with Crippen LogP contribution in [0.15, 0.2) is 43.0 Å². The Morgan fingerprint density at radius 1 is 1.04 bits per heavy atom. The third-order valence-corrected chi connectivity index (χ3v) is 5.25. The second-order valence-corrected chi connectivity index (χ2v) is 8.18. The van der Waals surface area contributed by atoms with Gasteiger partial charge >= 0.3 is 0 Å². The molecule has 148 valence electrons. The fourth-order valence-corrected chi connectivity index (χ4v) is 4.03. The van der Waals surface area contributed by atoms with E-state index in [1.165, 1.54) is 0 Å². The molecule has 0 saturated carbocycles. The van der Waals surface area contributed by atoms with E-state index in [0.717, 1.165) is 5.56 Å². The van der Waals surface area contributed by atoms with E-state index in [0.29, 0.717) is 13.2 Å². The lowest BCUT2D eigenvalue weighted by molar-refractivity contribution is -0.248. The van der Waals surface area contributed by atoms with Crippen LogP contribution >= 0.6 is 0 Å². The molecule has 6 nitrogen and oxygen atoms in total. The van der Waals surface area contributed by atoms with Crippen LogP contribution in [0.5, 0.6) is 0 Å². The minimum atomic E-state index is -0.914. The SMILES string of the molecule is C=C[C@@]1(OCc2ccccc2)[C@@H](C2COC(C)(C)O2)O[C@@H]2OC(C)(C)O[C@@H]21. The summed E-state index contributed by atoms with van der Waals surface area (Å²) in [4.78, 5) is 0. The van der Waals surface area contributed by atoms with Gasteiger partial charge in [-0.05, 0) is 33.3 Å². The molecule has 0 N–H and O–H groups in total. The zero-order valence-corrected chi connectivity index (χ0v) is 16.3. The molecular weight excluding hydrogens is 348 g/mol. The lowest BCUT2D eigenvalue weighted by Crippen LogP contribution is -2.54. The van der Waals surface area contributed by atoms with Gasteiger partial charge < -0.3 is 28.4 Å². The number of ether oxygens (including phenoxy) is 6. The normalized spacial score (nSPS) is 39.4. The Bertz CT molecular complexity index is 687. The smallest absolute Gasteiger partial charge is 0.191 e. The summed E-state index contributed by atoms with van der Waals surface area (Å²) in [6.07, 6.45) is 0.0171. The second-order valence-electron chi connectivity index (χ2n) is 8.18. The topological polar surface area (TPSA) is 55.4 Å². The molecule has 4 rings (SSSR count). The number of hydrogen-bond donors (Lipinski definition) is 0. The van der Waals surface area contributed by atoms with E-state index in [1.807, 2.05) is 58.0 Å². The van der Waals surface area contributed by atoms with Crippen LogP contribution in [0.1, 0.15) is 33.3 Å². The Morgan fingerprint density at radius 3 is 2.41 bits per heavy atom. The highest BCUT2D eigenvalue weighted by molar-refractivity contribution is 5.19. The zero-order valence-electron chi connectivity index (χ0n) is 16.3. The summed E-state index contributed by atoms with van der Waals surface area (Å²) >= 11 is 0. The van der Waals surface area contributed by atoms with Crippen molar-refractivity contribution < 1.29 is 28.4 Å². The van der Waals surface area contributed by atoms with Gasteiger partial charge in [0.05, 0.1) is 13.2 Å². The van der Waals surface area contributed by atoms with Crippen LogP contribution in [-0.2, 0) is 35.0 Å². The molecule has 3 aliphatic rings. The molecule has 0 spiro atoms. The van der Waals surface area contributed by atoms with Gasteiger partial charge in [0, 0.05) is 0 Å². The van der Waals surface area contributed by atoms with Gasteiger partial charge in [-0.3, -0.25) is 0 Å². The summed E-state index contributed by atoms with van der Waals surface area (Å²) in [5.41, 5.74) is 0.144. The highest BCUT2D eigenvalue weighted by atomic mass is 16.9. The molecule has 1 aromatic rings. The van der Waals surface area contributed by atoms with Crippen LogP contribution in [0, 0.1) is 0 Å². The van der Waals surface area contributed by atoms with Crippen molar-refractivity contribution in [2.24, 2.45) is 0 Å². The first-order chi connectivity index (χ1) is 12.7. The van der Waals surface area contributed by atoms with Gasteiger partial charge in [-0.15, -0.1) is 6.58 Å². The first kappa shape index (κ1) is 19.1. The quantitative estimate of drug-likeness (QED) is 0.736. The lowest BCUT2D eigenvalue weighted by Gasteiger charge is -2.37. The summed E-state index contributed by atoms with van der Waals surface area (Å²) in [6.45, 7) is 12.4. The second kappa shape index (κ2) is 6.65. The van der Waals surface area contributed by atoms with Crippen LogP contribution in [0.3, 0.4) is 0 Å². The fourth-order valence-electron chi connectivity index (χ4n) is 4.03. The van der Waals surface area contributed by atoms with Crippen LogP contribution in [0.2, 0.25) is 0 Å². The van der Waals surface area contributed by atoms with E-state index >= 15 is 0 Å². The Hall–Kier alpha value is -1.28. The Kier molecular flexibility index (Phi) is 4.70. The van der Waals surface area contributed by atoms with Crippen molar-refractivity contribution in [2.75, 3.05) is 6.61 Å². The van der Waals surface area contributed by atoms with Gasteiger partial charge in [-0.25, -0.2) is 0 Å². The van der Waals surface area contributed by atoms with E-state index in [9.17, 15) is 0 Å². The van der Waals surface area contributed by atoms with Crippen LogP contribution in [0.4, 0.5) is 0 Å². The third kappa shape index (κ3) is 3.46. The highest BCUT2D eigenvalue weighted by Crippen LogP contribution is 2.48. The molecule has 1 aromatic carbocycles. The highest BCUT2D eigenvalue weighted by Gasteiger charge is 2.66. The standard InChI is InChI=1S/C21H28O6/c1-6-21(23-12-14-10-8-7-9-11-14)16(15-13-22-19(2,3)25-15)24-18-17(21)26-20(4,5)27-18/h6-11,15-18H,1,12-13H2,2-5H3/t15?,16-,17+,18-,21-/m1/s1. The van der Waals surface area contributed by atoms with E-state index < -0.39 is 35.7 Å². The molecule has 27 heavy (non-hydrogen) atoms. The maximum atomic E-state index is 6.44. The van der Waals surface area contributed by atoms with Gasteiger partial charge in [0.15, 0.2) is 17.9 Å². The Balaban J connectivity index is 1.62. The lowest BCUT2D eigenvalue weighted by atomic mass is 9.88. The number of rotatable bonds is 5. The van der Waals surface area contributed by atoms with E-state index in [1.54, 1.807) is 6.08 Å². The van der Waals surface area contributed by atoms with Gasteiger partial charge in [0.2, 0.25) is 0 Å². The van der Waals surface area contributed by atoms with Crippen LogP contribution < -0.4 is 0 Å². The molecule has 0 bridgehead atoms. The summed E-state index contributed by atoms with van der Waals surface area (Å²) in [7, 11) is 0.